The molecule has 0 saturated heterocycles. The number of nitrogens with zero attached hydrogens (tertiary/aromatic N) is 1. The number of aromatic nitrogens is 1. The summed E-state index contributed by atoms with van der Waals surface area (Å²) < 4.78 is 3.25. The van der Waals surface area contributed by atoms with E-state index in [0.29, 0.717) is 21.2 Å². The first-order valence-electron chi connectivity index (χ1n) is 7.90. The Morgan fingerprint density at radius 1 is 1.04 bits per heavy atom. The van der Waals surface area contributed by atoms with Gasteiger partial charge in [-0.1, -0.05) is 35.3 Å². The highest BCUT2D eigenvalue weighted by atomic mass is 35.5. The molecule has 0 radical (unpaired) electrons. The smallest absolute Gasteiger partial charge is 0.194 e. The second-order valence-corrected chi connectivity index (χ2v) is 7.47. The van der Waals surface area contributed by atoms with E-state index in [9.17, 15) is 4.79 Å². The molecule has 0 fully saturated rings. The predicted octanol–water partition coefficient (Wildman–Crippen LogP) is 6.36. The lowest BCUT2D eigenvalue weighted by atomic mass is 9.99. The second kappa shape index (κ2) is 8.12. The Balaban J connectivity index is 1.80. The van der Waals surface area contributed by atoms with Crippen molar-refractivity contribution in [1.29, 1.82) is 0 Å². The van der Waals surface area contributed by atoms with E-state index in [1.165, 1.54) is 11.9 Å². The lowest BCUT2D eigenvalue weighted by molar-refractivity contribution is 0.103. The average Bonchev–Trinajstić information content (AvgIpc) is 2.63. The Morgan fingerprint density at radius 3 is 2.58 bits per heavy atom. The molecular weight excluding hydrogens is 387 g/mol. The zero-order valence-corrected chi connectivity index (χ0v) is 16.5. The summed E-state index contributed by atoms with van der Waals surface area (Å²) in [6.45, 7) is 3.83. The topological polar surface area (TPSA) is 42.0 Å². The Hall–Kier alpha value is -2.01. The molecule has 0 saturated carbocycles. The molecule has 1 N–H and O–H groups in total. The first kappa shape index (κ1) is 18.8. The highest BCUT2D eigenvalue weighted by Gasteiger charge is 2.16. The molecule has 3 nitrogen and oxygen atoms in total. The fourth-order valence-corrected chi connectivity index (χ4v) is 3.69. The maximum atomic E-state index is 12.8. The molecule has 0 aliphatic carbocycles. The molecular formula is C20H16Cl2N2OS. The molecule has 0 atom stereocenters. The number of benzene rings is 2. The van der Waals surface area contributed by atoms with Crippen molar-refractivity contribution in [3.05, 3.63) is 87.2 Å². The van der Waals surface area contributed by atoms with Gasteiger partial charge in [0.1, 0.15) is 0 Å². The zero-order chi connectivity index (χ0) is 18.7. The number of nitrogens with one attached hydrogen (secondary N) is 1. The molecule has 0 aliphatic rings. The van der Waals surface area contributed by atoms with Crippen LogP contribution in [0.2, 0.25) is 10.0 Å². The van der Waals surface area contributed by atoms with Crippen molar-refractivity contribution in [3.63, 3.8) is 0 Å². The predicted molar refractivity (Wildman–Crippen MR) is 110 cm³/mol. The number of halogens is 2. The third kappa shape index (κ3) is 4.04. The Morgan fingerprint density at radius 2 is 1.85 bits per heavy atom. The summed E-state index contributed by atoms with van der Waals surface area (Å²) in [5.41, 5.74) is 3.80. The van der Waals surface area contributed by atoms with Gasteiger partial charge in [0.15, 0.2) is 5.78 Å². The molecule has 2 aromatic carbocycles. The summed E-state index contributed by atoms with van der Waals surface area (Å²) in [5, 5.41) is 0.972. The number of aryl methyl sites for hydroxylation is 1. The number of rotatable bonds is 5. The van der Waals surface area contributed by atoms with Gasteiger partial charge in [-0.05, 0) is 67.3 Å². The van der Waals surface area contributed by atoms with Crippen molar-refractivity contribution in [3.8, 4) is 0 Å². The molecule has 3 aromatic rings. The fourth-order valence-electron chi connectivity index (χ4n) is 2.43. The standard InChI is InChI=1S/C20H16Cl2N2OS/c1-12-8-9-23-11-19(12)24-26-14-6-7-16(18(22)10-14)20(25)15-4-3-5-17(21)13(15)2/h3-11,24H,1-2H3. The van der Waals surface area contributed by atoms with Crippen molar-refractivity contribution in [2.75, 3.05) is 4.72 Å². The van der Waals surface area contributed by atoms with Gasteiger partial charge < -0.3 is 4.72 Å². The number of hydrogen-bond acceptors (Lipinski definition) is 4. The third-order valence-electron chi connectivity index (χ3n) is 4.02. The van der Waals surface area contributed by atoms with Gasteiger partial charge >= 0.3 is 0 Å². The van der Waals surface area contributed by atoms with Crippen molar-refractivity contribution in [1.82, 2.24) is 4.98 Å². The van der Waals surface area contributed by atoms with Crippen LogP contribution in [-0.2, 0) is 0 Å². The van der Waals surface area contributed by atoms with Gasteiger partial charge in [0, 0.05) is 27.2 Å². The molecule has 6 heteroatoms. The van der Waals surface area contributed by atoms with Crippen molar-refractivity contribution >= 4 is 46.6 Å². The highest BCUT2D eigenvalue weighted by Crippen LogP contribution is 2.29. The minimum atomic E-state index is -0.136. The zero-order valence-electron chi connectivity index (χ0n) is 14.2. The van der Waals surface area contributed by atoms with Gasteiger partial charge in [0.25, 0.3) is 0 Å². The maximum Gasteiger partial charge on any atom is 0.194 e. The van der Waals surface area contributed by atoms with Crippen LogP contribution in [0.4, 0.5) is 5.69 Å². The van der Waals surface area contributed by atoms with Gasteiger partial charge in [0.05, 0.1) is 16.9 Å². The van der Waals surface area contributed by atoms with Crippen LogP contribution < -0.4 is 4.72 Å². The highest BCUT2D eigenvalue weighted by molar-refractivity contribution is 8.00. The quantitative estimate of drug-likeness (QED) is 0.398. The van der Waals surface area contributed by atoms with Crippen LogP contribution in [-0.4, -0.2) is 10.8 Å². The van der Waals surface area contributed by atoms with Crippen LogP contribution in [0.25, 0.3) is 0 Å². The molecule has 132 valence electrons. The minimum absolute atomic E-state index is 0.136. The molecule has 0 unspecified atom stereocenters. The Labute approximate surface area is 166 Å². The average molecular weight is 403 g/mol. The van der Waals surface area contributed by atoms with Gasteiger partial charge in [0.2, 0.25) is 0 Å². The maximum absolute atomic E-state index is 12.8. The number of carbonyl (C=O) groups excluding carboxylic acids is 1. The van der Waals surface area contributed by atoms with Crippen LogP contribution in [0.5, 0.6) is 0 Å². The van der Waals surface area contributed by atoms with E-state index in [1.54, 1.807) is 42.7 Å². The monoisotopic (exact) mass is 402 g/mol. The summed E-state index contributed by atoms with van der Waals surface area (Å²) in [4.78, 5) is 17.8. The van der Waals surface area contributed by atoms with Crippen LogP contribution in [0.3, 0.4) is 0 Å². The first-order chi connectivity index (χ1) is 12.5. The fraction of sp³-hybridized carbons (Fsp3) is 0.100. The van der Waals surface area contributed by atoms with E-state index in [4.69, 9.17) is 23.2 Å². The van der Waals surface area contributed by atoms with Crippen LogP contribution >= 0.6 is 35.1 Å². The summed E-state index contributed by atoms with van der Waals surface area (Å²) in [7, 11) is 0. The van der Waals surface area contributed by atoms with E-state index >= 15 is 0 Å². The van der Waals surface area contributed by atoms with E-state index < -0.39 is 0 Å². The molecule has 26 heavy (non-hydrogen) atoms. The van der Waals surface area contributed by atoms with Gasteiger partial charge in [-0.2, -0.15) is 0 Å². The van der Waals surface area contributed by atoms with Gasteiger partial charge in [-0.25, -0.2) is 0 Å². The molecule has 1 heterocycles. The van der Waals surface area contributed by atoms with E-state index in [-0.39, 0.29) is 5.78 Å². The molecule has 0 spiro atoms. The summed E-state index contributed by atoms with van der Waals surface area (Å²) in [5.74, 6) is -0.136. The lowest BCUT2D eigenvalue weighted by Gasteiger charge is -2.11. The molecule has 0 aliphatic heterocycles. The summed E-state index contributed by atoms with van der Waals surface area (Å²) >= 11 is 13.9. The molecule has 0 bridgehead atoms. The first-order valence-corrected chi connectivity index (χ1v) is 9.47. The SMILES string of the molecule is Cc1ccncc1NSc1ccc(C(=O)c2cccc(Cl)c2C)c(Cl)c1. The van der Waals surface area contributed by atoms with Gasteiger partial charge in [-0.3, -0.25) is 9.78 Å². The van der Waals surface area contributed by atoms with E-state index in [2.05, 4.69) is 9.71 Å². The summed E-state index contributed by atoms with van der Waals surface area (Å²) in [6.07, 6.45) is 3.52. The van der Waals surface area contributed by atoms with Crippen LogP contribution in [0.1, 0.15) is 27.0 Å². The largest absolute Gasteiger partial charge is 0.324 e. The van der Waals surface area contributed by atoms with Crippen LogP contribution in [0, 0.1) is 13.8 Å². The number of anilines is 1. The lowest BCUT2D eigenvalue weighted by Crippen LogP contribution is -2.05. The minimum Gasteiger partial charge on any atom is -0.324 e. The Kier molecular flexibility index (Phi) is 5.87. The van der Waals surface area contributed by atoms with E-state index in [1.807, 2.05) is 26.0 Å². The van der Waals surface area contributed by atoms with Crippen LogP contribution in [0.15, 0.2) is 59.8 Å². The normalized spacial score (nSPS) is 10.6. The third-order valence-corrected chi connectivity index (χ3v) is 5.55. The second-order valence-electron chi connectivity index (χ2n) is 5.78. The van der Waals surface area contributed by atoms with Crippen molar-refractivity contribution < 1.29 is 4.79 Å². The molecule has 3 rings (SSSR count). The van der Waals surface area contributed by atoms with Crippen molar-refractivity contribution in [2.24, 2.45) is 0 Å². The molecule has 0 amide bonds. The number of hydrogen-bond donors (Lipinski definition) is 1. The van der Waals surface area contributed by atoms with E-state index in [0.717, 1.165) is 21.7 Å². The molecule has 1 aromatic heterocycles. The number of pyridine rings is 1. The Bertz CT molecular complexity index is 976. The van der Waals surface area contributed by atoms with Crippen molar-refractivity contribution in [2.45, 2.75) is 18.7 Å². The number of ketones is 1. The summed E-state index contributed by atoms with van der Waals surface area (Å²) in [6, 6.07) is 12.6. The van der Waals surface area contributed by atoms with Gasteiger partial charge in [-0.15, -0.1) is 0 Å². The number of carbonyl (C=O) groups is 1.